The van der Waals surface area contributed by atoms with Crippen LogP contribution in [0.15, 0.2) is 58.2 Å². The molecule has 2 N–H and O–H groups in total. The van der Waals surface area contributed by atoms with Crippen molar-refractivity contribution < 1.29 is 50.5 Å². The van der Waals surface area contributed by atoms with Crippen molar-refractivity contribution in [3.63, 3.8) is 0 Å². The number of benzene rings is 2. The number of halogens is 6. The Hall–Kier alpha value is -4.07. The van der Waals surface area contributed by atoms with Crippen LogP contribution < -0.4 is 20.1 Å². The van der Waals surface area contributed by atoms with Crippen molar-refractivity contribution >= 4 is 40.7 Å². The Balaban J connectivity index is 1.37. The van der Waals surface area contributed by atoms with Crippen LogP contribution in [0.3, 0.4) is 0 Å². The molecule has 3 aliphatic carbocycles. The first-order valence-electron chi connectivity index (χ1n) is 12.4. The molecule has 0 saturated heterocycles. The summed E-state index contributed by atoms with van der Waals surface area (Å²) in [6.07, 6.45) is -7.46. The monoisotopic (exact) mass is 615 g/mol. The second-order valence-corrected chi connectivity index (χ2v) is 10.8. The first kappa shape index (κ1) is 29.4. The molecule has 4 aliphatic rings. The van der Waals surface area contributed by atoms with Gasteiger partial charge < -0.3 is 29.6 Å². The Morgan fingerprint density at radius 1 is 1.10 bits per heavy atom. The van der Waals surface area contributed by atoms with Crippen molar-refractivity contribution in [1.82, 2.24) is 0 Å². The smallest absolute Gasteiger partial charge is 0.476 e. The van der Waals surface area contributed by atoms with Gasteiger partial charge in [-0.05, 0) is 49.6 Å². The molecule has 0 radical (unpaired) electrons. The number of esters is 1. The fourth-order valence-corrected chi connectivity index (χ4v) is 5.68. The van der Waals surface area contributed by atoms with E-state index in [4.69, 9.17) is 26.8 Å². The van der Waals surface area contributed by atoms with Crippen LogP contribution in [0.1, 0.15) is 29.6 Å². The molecule has 2 aromatic rings. The Bertz CT molecular complexity index is 1510. The number of rotatable bonds is 7. The summed E-state index contributed by atoms with van der Waals surface area (Å²) in [5.41, 5.74) is 2.86. The van der Waals surface area contributed by atoms with Gasteiger partial charge in [0.05, 0.1) is 24.8 Å². The predicted molar refractivity (Wildman–Crippen MR) is 139 cm³/mol. The highest BCUT2D eigenvalue weighted by molar-refractivity contribution is 6.42. The lowest BCUT2D eigenvalue weighted by atomic mass is 9.35. The minimum Gasteiger partial charge on any atom is -0.476 e. The van der Waals surface area contributed by atoms with Gasteiger partial charge in [0.25, 0.3) is 5.91 Å². The van der Waals surface area contributed by atoms with E-state index in [1.807, 2.05) is 0 Å². The van der Waals surface area contributed by atoms with Gasteiger partial charge in [-0.25, -0.2) is 4.99 Å². The molecule has 15 heteroatoms. The number of ether oxygens (including phenoxy) is 4. The van der Waals surface area contributed by atoms with Crippen LogP contribution in [0.2, 0.25) is 0 Å². The van der Waals surface area contributed by atoms with Gasteiger partial charge in [0.15, 0.2) is 11.5 Å². The van der Waals surface area contributed by atoms with E-state index in [1.165, 1.54) is 56.6 Å². The number of allylic oxidation sites excluding steroid dienone is 1. The van der Waals surface area contributed by atoms with Crippen molar-refractivity contribution in [3.05, 3.63) is 58.8 Å². The molecule has 2 aromatic carbocycles. The highest BCUT2D eigenvalue weighted by Gasteiger charge is 2.72. The SMILES string of the molecule is COC(=O)C12CC(COC(=Nc3cccc(C(=O)N(C)c4ccc5c(c4)OC(F)(F)O5)c3)C(Cl)=C(N)C(F)(F)F)(C1)C2. The third kappa shape index (κ3) is 5.30. The van der Waals surface area contributed by atoms with Gasteiger partial charge in [-0.1, -0.05) is 17.7 Å². The summed E-state index contributed by atoms with van der Waals surface area (Å²) in [6, 6.07) is 9.34. The van der Waals surface area contributed by atoms with E-state index in [-0.39, 0.29) is 41.0 Å². The molecule has 42 heavy (non-hydrogen) atoms. The first-order chi connectivity index (χ1) is 19.6. The number of methoxy groups -OCH3 is 1. The van der Waals surface area contributed by atoms with Crippen molar-refractivity contribution in [2.75, 3.05) is 25.7 Å². The zero-order valence-electron chi connectivity index (χ0n) is 22.1. The number of hydrogen-bond donors (Lipinski definition) is 1. The van der Waals surface area contributed by atoms with Crippen molar-refractivity contribution in [1.29, 1.82) is 0 Å². The Labute approximate surface area is 240 Å². The zero-order chi connectivity index (χ0) is 30.7. The first-order valence-corrected chi connectivity index (χ1v) is 12.8. The number of amides is 1. The molecule has 9 nitrogen and oxygen atoms in total. The molecule has 1 aliphatic heterocycles. The molecular weight excluding hydrogens is 593 g/mol. The van der Waals surface area contributed by atoms with Crippen LogP contribution in [0.4, 0.5) is 33.3 Å². The molecule has 6 rings (SSSR count). The average Bonchev–Trinajstić information content (AvgIpc) is 3.21. The summed E-state index contributed by atoms with van der Waals surface area (Å²) in [4.78, 5) is 30.4. The van der Waals surface area contributed by atoms with E-state index >= 15 is 0 Å². The molecule has 224 valence electrons. The molecule has 0 spiro atoms. The largest absolute Gasteiger partial charge is 0.586 e. The lowest BCUT2D eigenvalue weighted by Gasteiger charge is -2.68. The number of anilines is 1. The normalized spacial score (nSPS) is 24.1. The number of hydrogen-bond acceptors (Lipinski definition) is 8. The minimum absolute atomic E-state index is 0.0197. The van der Waals surface area contributed by atoms with Crippen LogP contribution in [-0.2, 0) is 14.3 Å². The van der Waals surface area contributed by atoms with E-state index in [9.17, 15) is 31.5 Å². The van der Waals surface area contributed by atoms with Crippen molar-refractivity contribution in [2.45, 2.75) is 31.7 Å². The number of carbonyl (C=O) groups excluding carboxylic acids is 2. The number of carbonyl (C=O) groups is 2. The number of nitrogens with two attached hydrogens (primary N) is 1. The summed E-state index contributed by atoms with van der Waals surface area (Å²) >= 11 is 5.99. The summed E-state index contributed by atoms with van der Waals surface area (Å²) in [5.74, 6) is -2.02. The summed E-state index contributed by atoms with van der Waals surface area (Å²) < 4.78 is 86.0. The van der Waals surface area contributed by atoms with Gasteiger partial charge >= 0.3 is 18.4 Å². The molecule has 3 saturated carbocycles. The highest BCUT2D eigenvalue weighted by atomic mass is 35.5. The van der Waals surface area contributed by atoms with Gasteiger partial charge in [-0.3, -0.25) is 9.59 Å². The zero-order valence-corrected chi connectivity index (χ0v) is 22.8. The average molecular weight is 616 g/mol. The third-order valence-electron chi connectivity index (χ3n) is 7.40. The number of nitrogens with zero attached hydrogens (tertiary/aromatic N) is 2. The van der Waals surface area contributed by atoms with Crippen molar-refractivity contribution in [2.24, 2.45) is 21.6 Å². The van der Waals surface area contributed by atoms with Crippen LogP contribution in [0, 0.1) is 10.8 Å². The van der Waals surface area contributed by atoms with Crippen LogP contribution in [-0.4, -0.2) is 51.0 Å². The molecule has 0 unspecified atom stereocenters. The lowest BCUT2D eigenvalue weighted by molar-refractivity contribution is -0.286. The molecule has 1 heterocycles. The number of aliphatic imine (C=N–C) groups is 1. The van der Waals surface area contributed by atoms with Gasteiger partial charge in [0.1, 0.15) is 10.7 Å². The van der Waals surface area contributed by atoms with E-state index in [2.05, 4.69) is 14.5 Å². The van der Waals surface area contributed by atoms with Crippen LogP contribution in [0.5, 0.6) is 11.5 Å². The molecule has 0 atom stereocenters. The Morgan fingerprint density at radius 2 is 1.76 bits per heavy atom. The van der Waals surface area contributed by atoms with Gasteiger partial charge in [-0.15, -0.1) is 8.78 Å². The number of alkyl halides is 5. The fraction of sp³-hybridized carbons (Fsp3) is 0.370. The van der Waals surface area contributed by atoms with Gasteiger partial charge in [0, 0.05) is 29.8 Å². The minimum atomic E-state index is -4.97. The maximum atomic E-state index is 13.4. The predicted octanol–water partition coefficient (Wildman–Crippen LogP) is 5.65. The molecule has 2 bridgehead atoms. The standard InChI is InChI=1S/C27H23ClF5N3O6/c1-36(16-6-7-17-18(9-16)42-27(32,33)41-17)22(37)14-4-3-5-15(8-14)35-21(19(28)20(34)26(29,30)31)40-13-24-10-25(11-24,12-24)23(38)39-2/h3-9H,10-13,34H2,1-2H3. The van der Waals surface area contributed by atoms with Crippen LogP contribution >= 0.6 is 11.6 Å². The Morgan fingerprint density at radius 3 is 2.40 bits per heavy atom. The Kier molecular flexibility index (Phi) is 7.03. The molecule has 3 fully saturated rings. The number of fused-ring (bicyclic) bond motifs is 1. The van der Waals surface area contributed by atoms with E-state index in [0.717, 1.165) is 4.90 Å². The van der Waals surface area contributed by atoms with Crippen molar-refractivity contribution in [3.8, 4) is 11.5 Å². The molecule has 1 amide bonds. The van der Waals surface area contributed by atoms with E-state index in [1.54, 1.807) is 0 Å². The van der Waals surface area contributed by atoms with Gasteiger partial charge in [-0.2, -0.15) is 13.2 Å². The van der Waals surface area contributed by atoms with E-state index < -0.39 is 45.8 Å². The second-order valence-electron chi connectivity index (χ2n) is 10.4. The maximum absolute atomic E-state index is 13.4. The summed E-state index contributed by atoms with van der Waals surface area (Å²) in [5, 5.41) is -0.970. The molecular formula is C27H23ClF5N3O6. The quantitative estimate of drug-likeness (QED) is 0.185. The summed E-state index contributed by atoms with van der Waals surface area (Å²) in [7, 11) is 2.67. The second kappa shape index (κ2) is 10.0. The molecule has 0 aromatic heterocycles. The fourth-order valence-electron chi connectivity index (χ4n) is 5.47. The van der Waals surface area contributed by atoms with E-state index in [0.29, 0.717) is 19.3 Å². The third-order valence-corrected chi connectivity index (χ3v) is 7.77. The van der Waals surface area contributed by atoms with Crippen LogP contribution in [0.25, 0.3) is 0 Å². The highest BCUT2D eigenvalue weighted by Crippen LogP contribution is 2.73. The summed E-state index contributed by atoms with van der Waals surface area (Å²) in [6.45, 7) is -0.0730. The van der Waals surface area contributed by atoms with Gasteiger partial charge in [0.2, 0.25) is 5.90 Å². The topological polar surface area (TPSA) is 113 Å². The maximum Gasteiger partial charge on any atom is 0.586 e. The lowest BCUT2D eigenvalue weighted by Crippen LogP contribution is -2.67.